The van der Waals surface area contributed by atoms with E-state index < -0.39 is 18.0 Å². The fraction of sp³-hybridized carbons (Fsp3) is 0.118. The van der Waals surface area contributed by atoms with E-state index in [-0.39, 0.29) is 5.82 Å². The molecule has 2 heterocycles. The third-order valence-corrected chi connectivity index (χ3v) is 4.43. The van der Waals surface area contributed by atoms with Gasteiger partial charge < -0.3 is 14.6 Å². The molecular formula is C17H13ClN2O4S. The average molecular weight is 377 g/mol. The van der Waals surface area contributed by atoms with E-state index in [1.807, 2.05) is 0 Å². The van der Waals surface area contributed by atoms with Crippen LogP contribution in [-0.4, -0.2) is 17.0 Å². The normalized spacial score (nSPS) is 11.8. The number of esters is 1. The number of halogens is 1. The van der Waals surface area contributed by atoms with Crippen molar-refractivity contribution in [3.8, 4) is 0 Å². The molecule has 0 aliphatic carbocycles. The van der Waals surface area contributed by atoms with Crippen molar-refractivity contribution < 1.29 is 18.8 Å². The lowest BCUT2D eigenvalue weighted by molar-refractivity contribution is -0.125. The van der Waals surface area contributed by atoms with Crippen molar-refractivity contribution in [3.63, 3.8) is 0 Å². The van der Waals surface area contributed by atoms with E-state index in [4.69, 9.17) is 20.9 Å². The summed E-state index contributed by atoms with van der Waals surface area (Å²) in [5, 5.41) is 6.29. The van der Waals surface area contributed by atoms with Gasteiger partial charge in [-0.1, -0.05) is 47.1 Å². The van der Waals surface area contributed by atoms with Crippen molar-refractivity contribution in [2.75, 3.05) is 5.32 Å². The number of hydrogen-bond donors (Lipinski definition) is 1. The molecule has 1 N–H and O–H groups in total. The fourth-order valence-electron chi connectivity index (χ4n) is 2.11. The summed E-state index contributed by atoms with van der Waals surface area (Å²) in [5.41, 5.74) is 0.538. The highest BCUT2D eigenvalue weighted by molar-refractivity contribution is 7.17. The van der Waals surface area contributed by atoms with E-state index in [0.29, 0.717) is 20.5 Å². The summed E-state index contributed by atoms with van der Waals surface area (Å²) in [6.07, 6.45) is -1.13. The van der Waals surface area contributed by atoms with Gasteiger partial charge in [-0.3, -0.25) is 4.79 Å². The molecule has 2 aromatic heterocycles. The topological polar surface area (TPSA) is 81.4 Å². The summed E-state index contributed by atoms with van der Waals surface area (Å²) in [5.74, 6) is -0.358. The van der Waals surface area contributed by atoms with Gasteiger partial charge in [-0.05, 0) is 19.1 Å². The largest absolute Gasteiger partial charge is 0.443 e. The van der Waals surface area contributed by atoms with Crippen LogP contribution in [0.1, 0.15) is 27.1 Å². The smallest absolute Gasteiger partial charge is 0.349 e. The van der Waals surface area contributed by atoms with E-state index in [9.17, 15) is 9.59 Å². The van der Waals surface area contributed by atoms with Gasteiger partial charge in [0.25, 0.3) is 5.91 Å². The maximum atomic E-state index is 12.6. The first kappa shape index (κ1) is 17.2. The summed E-state index contributed by atoms with van der Waals surface area (Å²) in [7, 11) is 0. The number of carbonyl (C=O) groups excluding carboxylic acids is 2. The summed E-state index contributed by atoms with van der Waals surface area (Å²) in [6.45, 7) is 1.71. The van der Waals surface area contributed by atoms with E-state index in [0.717, 1.165) is 11.3 Å². The summed E-state index contributed by atoms with van der Waals surface area (Å²) in [4.78, 5) is 25.2. The molecule has 0 fully saturated rings. The lowest BCUT2D eigenvalue weighted by Crippen LogP contribution is -2.25. The molecule has 0 spiro atoms. The quantitative estimate of drug-likeness (QED) is 0.674. The van der Waals surface area contributed by atoms with Crippen molar-refractivity contribution in [1.29, 1.82) is 0 Å². The monoisotopic (exact) mass is 376 g/mol. The number of rotatable bonds is 5. The third-order valence-electron chi connectivity index (χ3n) is 3.22. The lowest BCUT2D eigenvalue weighted by atomic mass is 10.1. The number of ether oxygens (including phenoxy) is 1. The Morgan fingerprint density at radius 1 is 1.24 bits per heavy atom. The van der Waals surface area contributed by atoms with Crippen molar-refractivity contribution in [2.45, 2.75) is 13.0 Å². The Morgan fingerprint density at radius 3 is 2.60 bits per heavy atom. The van der Waals surface area contributed by atoms with Crippen molar-refractivity contribution in [2.24, 2.45) is 0 Å². The molecule has 8 heteroatoms. The molecule has 0 bridgehead atoms. The van der Waals surface area contributed by atoms with Gasteiger partial charge in [0, 0.05) is 11.6 Å². The second kappa shape index (κ2) is 7.50. The Hall–Kier alpha value is -2.64. The minimum absolute atomic E-state index is 0.249. The first-order valence-electron chi connectivity index (χ1n) is 7.28. The number of aryl methyl sites for hydroxylation is 1. The molecule has 0 saturated heterocycles. The van der Waals surface area contributed by atoms with Gasteiger partial charge in [-0.25, -0.2) is 4.79 Å². The van der Waals surface area contributed by atoms with Crippen molar-refractivity contribution in [3.05, 3.63) is 69.1 Å². The van der Waals surface area contributed by atoms with Gasteiger partial charge in [-0.15, -0.1) is 11.3 Å². The van der Waals surface area contributed by atoms with Crippen LogP contribution >= 0.6 is 22.9 Å². The molecule has 0 saturated carbocycles. The van der Waals surface area contributed by atoms with E-state index >= 15 is 0 Å². The molecular weight excluding hydrogens is 364 g/mol. The van der Waals surface area contributed by atoms with E-state index in [1.165, 1.54) is 0 Å². The first-order chi connectivity index (χ1) is 12.0. The first-order valence-corrected chi connectivity index (χ1v) is 8.48. The number of hydrogen-bond acceptors (Lipinski definition) is 6. The maximum Gasteiger partial charge on any atom is 0.349 e. The number of nitrogens with one attached hydrogen (secondary N) is 1. The van der Waals surface area contributed by atoms with Crippen molar-refractivity contribution in [1.82, 2.24) is 5.16 Å². The SMILES string of the molecule is Cc1cc(NC(=O)C(OC(=O)c2ccc(Cl)s2)c2ccccc2)no1. The molecule has 0 aliphatic rings. The molecule has 3 rings (SSSR count). The Morgan fingerprint density at radius 2 is 2.00 bits per heavy atom. The zero-order valence-electron chi connectivity index (χ0n) is 13.1. The predicted octanol–water partition coefficient (Wildman–Crippen LogP) is 4.23. The summed E-state index contributed by atoms with van der Waals surface area (Å²) in [6, 6.07) is 13.4. The number of benzene rings is 1. The number of aromatic nitrogens is 1. The fourth-order valence-corrected chi connectivity index (χ4v) is 3.03. The Balaban J connectivity index is 1.82. The second-order valence-electron chi connectivity index (χ2n) is 5.11. The van der Waals surface area contributed by atoms with E-state index in [1.54, 1.807) is 55.5 Å². The average Bonchev–Trinajstić information content (AvgIpc) is 3.21. The maximum absolute atomic E-state index is 12.6. The van der Waals surface area contributed by atoms with Gasteiger partial charge >= 0.3 is 5.97 Å². The zero-order valence-corrected chi connectivity index (χ0v) is 14.6. The molecule has 128 valence electrons. The molecule has 3 aromatic rings. The van der Waals surface area contributed by atoms with Crippen molar-refractivity contribution >= 4 is 40.6 Å². The number of carbonyl (C=O) groups is 2. The molecule has 1 amide bonds. The van der Waals surface area contributed by atoms with Gasteiger partial charge in [0.05, 0.1) is 4.34 Å². The standard InChI is InChI=1S/C17H13ClN2O4S/c1-10-9-14(20-24-10)19-16(21)15(11-5-3-2-4-6-11)23-17(22)12-7-8-13(18)25-12/h2-9,15H,1H3,(H,19,20,21). The number of thiophene rings is 1. The van der Waals surface area contributed by atoms with E-state index in [2.05, 4.69) is 10.5 Å². The Bertz CT molecular complexity index is 891. The minimum Gasteiger partial charge on any atom is -0.443 e. The highest BCUT2D eigenvalue weighted by Gasteiger charge is 2.27. The molecule has 0 aliphatic heterocycles. The van der Waals surface area contributed by atoms with Crippen LogP contribution in [0.15, 0.2) is 53.1 Å². The van der Waals surface area contributed by atoms with Crippen LogP contribution in [0.25, 0.3) is 0 Å². The number of nitrogens with zero attached hydrogens (tertiary/aromatic N) is 1. The van der Waals surface area contributed by atoms with Gasteiger partial charge in [-0.2, -0.15) is 0 Å². The Kier molecular flexibility index (Phi) is 5.16. The summed E-state index contributed by atoms with van der Waals surface area (Å²) >= 11 is 6.93. The highest BCUT2D eigenvalue weighted by atomic mass is 35.5. The third kappa shape index (κ3) is 4.26. The van der Waals surface area contributed by atoms with Gasteiger partial charge in [0.15, 0.2) is 5.82 Å². The van der Waals surface area contributed by atoms with Crippen LogP contribution in [-0.2, 0) is 9.53 Å². The predicted molar refractivity (Wildman–Crippen MR) is 93.8 cm³/mol. The van der Waals surface area contributed by atoms with Crippen LogP contribution in [0.3, 0.4) is 0 Å². The summed E-state index contributed by atoms with van der Waals surface area (Å²) < 4.78 is 10.8. The van der Waals surface area contributed by atoms with Crippen LogP contribution in [0.4, 0.5) is 5.82 Å². The van der Waals surface area contributed by atoms with Gasteiger partial charge in [0.1, 0.15) is 10.6 Å². The molecule has 25 heavy (non-hydrogen) atoms. The molecule has 1 unspecified atom stereocenters. The molecule has 0 radical (unpaired) electrons. The van der Waals surface area contributed by atoms with Crippen LogP contribution in [0.2, 0.25) is 4.34 Å². The Labute approximate surface area is 152 Å². The van der Waals surface area contributed by atoms with Crippen LogP contribution < -0.4 is 5.32 Å². The lowest BCUT2D eigenvalue weighted by Gasteiger charge is -2.16. The van der Waals surface area contributed by atoms with Crippen LogP contribution in [0, 0.1) is 6.92 Å². The molecule has 6 nitrogen and oxygen atoms in total. The zero-order chi connectivity index (χ0) is 17.8. The van der Waals surface area contributed by atoms with Crippen LogP contribution in [0.5, 0.6) is 0 Å². The second-order valence-corrected chi connectivity index (χ2v) is 6.83. The minimum atomic E-state index is -1.13. The number of anilines is 1. The number of amides is 1. The molecule has 1 atom stereocenters. The van der Waals surface area contributed by atoms with Gasteiger partial charge in [0.2, 0.25) is 6.10 Å². The molecule has 1 aromatic carbocycles. The highest BCUT2D eigenvalue weighted by Crippen LogP contribution is 2.26.